The maximum Gasteiger partial charge on any atom is 0.168 e. The van der Waals surface area contributed by atoms with Crippen molar-refractivity contribution >= 4 is 6.29 Å². The number of rotatable bonds is 3. The molecule has 0 saturated heterocycles. The summed E-state index contributed by atoms with van der Waals surface area (Å²) >= 11 is 0. The molecule has 1 N–H and O–H groups in total. The fourth-order valence-electron chi connectivity index (χ4n) is 1.30. The van der Waals surface area contributed by atoms with Crippen LogP contribution in [0.5, 0.6) is 0 Å². The van der Waals surface area contributed by atoms with Crippen molar-refractivity contribution in [2.75, 3.05) is 6.61 Å². The van der Waals surface area contributed by atoms with Gasteiger partial charge in [-0.2, -0.15) is 0 Å². The van der Waals surface area contributed by atoms with E-state index in [4.69, 9.17) is 5.11 Å². The molecule has 4 heteroatoms. The van der Waals surface area contributed by atoms with E-state index < -0.39 is 0 Å². The first kappa shape index (κ1) is 8.31. The zero-order valence-corrected chi connectivity index (χ0v) is 7.10. The minimum absolute atomic E-state index is 0.0648. The summed E-state index contributed by atoms with van der Waals surface area (Å²) in [4.78, 5) is 18.6. The monoisotopic (exact) mass is 178 g/mol. The lowest BCUT2D eigenvalue weighted by Gasteiger charge is -2.08. The quantitative estimate of drug-likeness (QED) is 0.677. The largest absolute Gasteiger partial charge is 0.395 e. The van der Waals surface area contributed by atoms with Crippen LogP contribution in [0.3, 0.4) is 0 Å². The lowest BCUT2D eigenvalue weighted by atomic mass is 10.1. The predicted octanol–water partition coefficient (Wildman–Crippen LogP) is 0.313. The van der Waals surface area contributed by atoms with Gasteiger partial charge in [0.1, 0.15) is 11.5 Å². The van der Waals surface area contributed by atoms with Gasteiger partial charge in [-0.25, -0.2) is 9.97 Å². The molecule has 0 unspecified atom stereocenters. The lowest BCUT2D eigenvalue weighted by molar-refractivity contribution is 0.111. The standard InChI is InChI=1S/C9H10N2O2/c12-5-7-1-4-10-8(11-7)9(6-13)2-3-9/h1,4-5,13H,2-3,6H2. The average molecular weight is 178 g/mol. The third kappa shape index (κ3) is 1.33. The van der Waals surface area contributed by atoms with E-state index in [9.17, 15) is 4.79 Å². The Morgan fingerprint density at radius 1 is 1.62 bits per heavy atom. The van der Waals surface area contributed by atoms with E-state index in [1.165, 1.54) is 0 Å². The third-order valence-corrected chi connectivity index (χ3v) is 2.43. The summed E-state index contributed by atoms with van der Waals surface area (Å²) in [6.07, 6.45) is 4.07. The van der Waals surface area contributed by atoms with Crippen LogP contribution in [0.1, 0.15) is 29.2 Å². The van der Waals surface area contributed by atoms with Crippen LogP contribution in [-0.4, -0.2) is 28.0 Å². The number of aldehydes is 1. The molecule has 1 heterocycles. The highest BCUT2D eigenvalue weighted by atomic mass is 16.3. The first-order valence-electron chi connectivity index (χ1n) is 4.20. The summed E-state index contributed by atoms with van der Waals surface area (Å²) in [5.74, 6) is 0.597. The van der Waals surface area contributed by atoms with Crippen LogP contribution in [0.2, 0.25) is 0 Å². The summed E-state index contributed by atoms with van der Waals surface area (Å²) in [5.41, 5.74) is 0.128. The Morgan fingerprint density at radius 2 is 2.38 bits per heavy atom. The van der Waals surface area contributed by atoms with Crippen molar-refractivity contribution in [2.45, 2.75) is 18.3 Å². The summed E-state index contributed by atoms with van der Waals surface area (Å²) in [6, 6.07) is 1.56. The number of aliphatic hydroxyl groups excluding tert-OH is 1. The molecule has 1 fully saturated rings. The second-order valence-corrected chi connectivity index (χ2v) is 3.36. The maximum atomic E-state index is 10.4. The molecular formula is C9H10N2O2. The summed E-state index contributed by atoms with van der Waals surface area (Å²) in [6.45, 7) is 0.0648. The Kier molecular flexibility index (Phi) is 1.84. The zero-order chi connectivity index (χ0) is 9.31. The minimum atomic E-state index is -0.251. The molecule has 13 heavy (non-hydrogen) atoms. The molecule has 0 spiro atoms. The molecule has 68 valence electrons. The van der Waals surface area contributed by atoms with E-state index in [2.05, 4.69) is 9.97 Å². The molecular weight excluding hydrogens is 168 g/mol. The molecule has 0 aromatic carbocycles. The Labute approximate surface area is 75.6 Å². The van der Waals surface area contributed by atoms with E-state index in [1.807, 2.05) is 0 Å². The molecule has 0 amide bonds. The second kappa shape index (κ2) is 2.88. The highest BCUT2D eigenvalue weighted by molar-refractivity contribution is 5.71. The van der Waals surface area contributed by atoms with Gasteiger partial charge in [-0.05, 0) is 18.9 Å². The van der Waals surface area contributed by atoms with E-state index in [1.54, 1.807) is 12.3 Å². The Morgan fingerprint density at radius 3 is 2.92 bits per heavy atom. The van der Waals surface area contributed by atoms with Gasteiger partial charge in [-0.15, -0.1) is 0 Å². The molecule has 1 aromatic heterocycles. The van der Waals surface area contributed by atoms with Gasteiger partial charge in [0, 0.05) is 6.20 Å². The number of hydrogen-bond acceptors (Lipinski definition) is 4. The normalized spacial score (nSPS) is 18.2. The molecule has 4 nitrogen and oxygen atoms in total. The zero-order valence-electron chi connectivity index (χ0n) is 7.10. The molecule has 1 aliphatic rings. The van der Waals surface area contributed by atoms with E-state index >= 15 is 0 Å². The van der Waals surface area contributed by atoms with E-state index in [0.717, 1.165) is 12.8 Å². The van der Waals surface area contributed by atoms with Crippen molar-refractivity contribution in [2.24, 2.45) is 0 Å². The smallest absolute Gasteiger partial charge is 0.168 e. The first-order chi connectivity index (χ1) is 6.30. The number of aliphatic hydroxyl groups is 1. The van der Waals surface area contributed by atoms with Gasteiger partial charge in [0.15, 0.2) is 6.29 Å². The molecule has 2 rings (SSSR count). The number of aromatic nitrogens is 2. The maximum absolute atomic E-state index is 10.4. The topological polar surface area (TPSA) is 63.1 Å². The van der Waals surface area contributed by atoms with Gasteiger partial charge in [0.25, 0.3) is 0 Å². The molecule has 0 aliphatic heterocycles. The van der Waals surface area contributed by atoms with Gasteiger partial charge < -0.3 is 5.11 Å². The van der Waals surface area contributed by atoms with E-state index in [-0.39, 0.29) is 12.0 Å². The second-order valence-electron chi connectivity index (χ2n) is 3.36. The number of carbonyl (C=O) groups excluding carboxylic acids is 1. The Bertz CT molecular complexity index is 334. The van der Waals surface area contributed by atoms with Gasteiger partial charge in [-0.3, -0.25) is 4.79 Å². The summed E-state index contributed by atoms with van der Waals surface area (Å²) in [5, 5.41) is 9.11. The SMILES string of the molecule is O=Cc1ccnc(C2(CO)CC2)n1. The van der Waals surface area contributed by atoms with Gasteiger partial charge in [0.2, 0.25) is 0 Å². The van der Waals surface area contributed by atoms with Crippen molar-refractivity contribution in [1.82, 2.24) is 9.97 Å². The van der Waals surface area contributed by atoms with Crippen molar-refractivity contribution in [3.8, 4) is 0 Å². The lowest BCUT2D eigenvalue weighted by Crippen LogP contribution is -2.16. The van der Waals surface area contributed by atoms with Crippen LogP contribution in [0.15, 0.2) is 12.3 Å². The van der Waals surface area contributed by atoms with Crippen molar-refractivity contribution in [3.05, 3.63) is 23.8 Å². The van der Waals surface area contributed by atoms with Crippen molar-refractivity contribution in [1.29, 1.82) is 0 Å². The number of carbonyl (C=O) groups is 1. The molecule has 1 aliphatic carbocycles. The van der Waals surface area contributed by atoms with Crippen molar-refractivity contribution < 1.29 is 9.90 Å². The van der Waals surface area contributed by atoms with Crippen LogP contribution in [0.4, 0.5) is 0 Å². The van der Waals surface area contributed by atoms with Crippen LogP contribution in [0.25, 0.3) is 0 Å². The summed E-state index contributed by atoms with van der Waals surface area (Å²) in [7, 11) is 0. The van der Waals surface area contributed by atoms with Crippen LogP contribution in [-0.2, 0) is 5.41 Å². The van der Waals surface area contributed by atoms with Gasteiger partial charge in [0.05, 0.1) is 12.0 Å². The Balaban J connectivity index is 2.35. The molecule has 0 bridgehead atoms. The van der Waals surface area contributed by atoms with Gasteiger partial charge >= 0.3 is 0 Å². The van der Waals surface area contributed by atoms with E-state index in [0.29, 0.717) is 17.8 Å². The third-order valence-electron chi connectivity index (χ3n) is 2.43. The molecule has 1 saturated carbocycles. The predicted molar refractivity (Wildman–Crippen MR) is 45.4 cm³/mol. The highest BCUT2D eigenvalue weighted by Crippen LogP contribution is 2.45. The minimum Gasteiger partial charge on any atom is -0.395 e. The fourth-order valence-corrected chi connectivity index (χ4v) is 1.30. The Hall–Kier alpha value is -1.29. The molecule has 0 radical (unpaired) electrons. The van der Waals surface area contributed by atoms with Gasteiger partial charge in [-0.1, -0.05) is 0 Å². The number of hydrogen-bond donors (Lipinski definition) is 1. The molecule has 1 aromatic rings. The first-order valence-corrected chi connectivity index (χ1v) is 4.20. The number of nitrogens with zero attached hydrogens (tertiary/aromatic N) is 2. The van der Waals surface area contributed by atoms with Crippen LogP contribution < -0.4 is 0 Å². The summed E-state index contributed by atoms with van der Waals surface area (Å²) < 4.78 is 0. The van der Waals surface area contributed by atoms with Crippen LogP contribution >= 0.6 is 0 Å². The fraction of sp³-hybridized carbons (Fsp3) is 0.444. The molecule has 0 atom stereocenters. The van der Waals surface area contributed by atoms with Crippen LogP contribution in [0, 0.1) is 0 Å². The van der Waals surface area contributed by atoms with Crippen molar-refractivity contribution in [3.63, 3.8) is 0 Å². The highest BCUT2D eigenvalue weighted by Gasteiger charge is 2.46. The average Bonchev–Trinajstić information content (AvgIpc) is 2.99.